The number of carbonyl (C=O) groups is 2. The molecule has 0 unspecified atom stereocenters. The van der Waals surface area contributed by atoms with Crippen molar-refractivity contribution >= 4 is 51.6 Å². The Morgan fingerprint density at radius 3 is 2.91 bits per heavy atom. The van der Waals surface area contributed by atoms with E-state index < -0.39 is 0 Å². The van der Waals surface area contributed by atoms with E-state index in [2.05, 4.69) is 20.5 Å². The molecule has 0 saturated carbocycles. The van der Waals surface area contributed by atoms with Crippen LogP contribution in [0.4, 0.5) is 5.00 Å². The van der Waals surface area contributed by atoms with Crippen molar-refractivity contribution in [2.75, 3.05) is 24.8 Å². The maximum Gasteiger partial charge on any atom is 0.341 e. The molecule has 2 heterocycles. The van der Waals surface area contributed by atoms with Crippen LogP contribution in [0.1, 0.15) is 40.6 Å². The van der Waals surface area contributed by atoms with E-state index in [9.17, 15) is 9.59 Å². The Morgan fingerprint density at radius 1 is 1.30 bits per heavy atom. The summed E-state index contributed by atoms with van der Waals surface area (Å²) < 4.78 is 10.6. The molecule has 0 radical (unpaired) electrons. The van der Waals surface area contributed by atoms with Crippen molar-refractivity contribution in [3.05, 3.63) is 39.2 Å². The number of fused-ring (bicyclic) bond motifs is 1. The van der Waals surface area contributed by atoms with Gasteiger partial charge in [0.2, 0.25) is 11.1 Å². The van der Waals surface area contributed by atoms with E-state index in [-0.39, 0.29) is 24.2 Å². The van der Waals surface area contributed by atoms with Crippen LogP contribution in [0, 0.1) is 0 Å². The first-order valence-electron chi connectivity index (χ1n) is 10.5. The van der Waals surface area contributed by atoms with Crippen LogP contribution in [0.15, 0.2) is 23.4 Å². The summed E-state index contributed by atoms with van der Waals surface area (Å²) in [7, 11) is 1.57. The molecule has 0 saturated heterocycles. The number of methoxy groups -OCH3 is 1. The van der Waals surface area contributed by atoms with E-state index in [1.807, 2.05) is 0 Å². The molecule has 11 heteroatoms. The monoisotopic (exact) mass is 506 g/mol. The topological polar surface area (TPSA) is 106 Å². The molecule has 174 valence electrons. The molecule has 0 bridgehead atoms. The third-order valence-electron chi connectivity index (χ3n) is 5.12. The molecular formula is C22H23ClN4O4S2. The minimum atomic E-state index is -0.381. The van der Waals surface area contributed by atoms with Gasteiger partial charge in [-0.05, 0) is 56.4 Å². The predicted octanol–water partition coefficient (Wildman–Crippen LogP) is 4.98. The van der Waals surface area contributed by atoms with Crippen molar-refractivity contribution in [2.45, 2.75) is 37.8 Å². The molecule has 8 nitrogen and oxygen atoms in total. The molecule has 1 aliphatic carbocycles. The normalized spacial score (nSPS) is 12.8. The number of rotatable bonds is 8. The van der Waals surface area contributed by atoms with Gasteiger partial charge in [0.05, 0.1) is 30.6 Å². The average molecular weight is 507 g/mol. The number of halogens is 1. The van der Waals surface area contributed by atoms with Gasteiger partial charge in [-0.1, -0.05) is 23.4 Å². The summed E-state index contributed by atoms with van der Waals surface area (Å²) >= 11 is 8.75. The van der Waals surface area contributed by atoms with Gasteiger partial charge in [-0.15, -0.1) is 16.4 Å². The zero-order valence-electron chi connectivity index (χ0n) is 18.2. The van der Waals surface area contributed by atoms with E-state index in [4.69, 9.17) is 21.1 Å². The molecule has 2 N–H and O–H groups in total. The number of hydrogen-bond donors (Lipinski definition) is 2. The van der Waals surface area contributed by atoms with E-state index >= 15 is 0 Å². The Balaban J connectivity index is 1.44. The summed E-state index contributed by atoms with van der Waals surface area (Å²) in [6, 6.07) is 5.22. The second-order valence-electron chi connectivity index (χ2n) is 7.28. The largest absolute Gasteiger partial charge is 0.496 e. The molecule has 4 rings (SSSR count). The SMILES string of the molecule is CCOC(=O)c1c(NC(=O)CSc2n[nH]c(-c3cc(Cl)ccc3OC)n2)sc2c1CCCC2. The highest BCUT2D eigenvalue weighted by Crippen LogP contribution is 2.39. The number of carbonyl (C=O) groups excluding carboxylic acids is 2. The quantitative estimate of drug-likeness (QED) is 0.327. The highest BCUT2D eigenvalue weighted by atomic mass is 35.5. The number of esters is 1. The Bertz CT molecular complexity index is 1180. The minimum Gasteiger partial charge on any atom is -0.496 e. The lowest BCUT2D eigenvalue weighted by atomic mass is 9.95. The zero-order chi connectivity index (χ0) is 23.4. The van der Waals surface area contributed by atoms with Crippen molar-refractivity contribution in [3.8, 4) is 17.1 Å². The van der Waals surface area contributed by atoms with E-state index in [0.29, 0.717) is 37.9 Å². The van der Waals surface area contributed by atoms with Gasteiger partial charge in [-0.3, -0.25) is 9.89 Å². The number of thiophene rings is 1. The summed E-state index contributed by atoms with van der Waals surface area (Å²) in [5.74, 6) is 0.574. The summed E-state index contributed by atoms with van der Waals surface area (Å²) in [5.41, 5.74) is 2.20. The van der Waals surface area contributed by atoms with E-state index in [1.165, 1.54) is 23.1 Å². The number of hydrogen-bond acceptors (Lipinski definition) is 8. The first-order chi connectivity index (χ1) is 16.0. The fourth-order valence-corrected chi connectivity index (χ4v) is 5.73. The molecular weight excluding hydrogens is 484 g/mol. The van der Waals surface area contributed by atoms with Gasteiger partial charge in [0.1, 0.15) is 10.8 Å². The molecule has 1 aliphatic rings. The van der Waals surface area contributed by atoms with Crippen LogP contribution < -0.4 is 10.1 Å². The number of ether oxygens (including phenoxy) is 2. The van der Waals surface area contributed by atoms with Crippen molar-refractivity contribution in [3.63, 3.8) is 0 Å². The van der Waals surface area contributed by atoms with Crippen LogP contribution >= 0.6 is 34.7 Å². The van der Waals surface area contributed by atoms with Gasteiger partial charge in [0.15, 0.2) is 5.82 Å². The first-order valence-corrected chi connectivity index (χ1v) is 12.7. The first kappa shape index (κ1) is 23.6. The number of thioether (sulfide) groups is 1. The Kier molecular flexibility index (Phi) is 7.56. The standard InChI is InChI=1S/C22H23ClN4O4S2/c1-3-31-21(29)18-13-6-4-5-7-16(13)33-20(18)24-17(28)11-32-22-25-19(26-27-22)14-10-12(23)8-9-15(14)30-2/h8-10H,3-7,11H2,1-2H3,(H,24,28)(H,25,26,27). The van der Waals surface area contributed by atoms with Gasteiger partial charge in [-0.2, -0.15) is 0 Å². The molecule has 1 aromatic carbocycles. The van der Waals surface area contributed by atoms with Crippen molar-refractivity contribution < 1.29 is 19.1 Å². The van der Waals surface area contributed by atoms with Gasteiger partial charge in [-0.25, -0.2) is 9.78 Å². The van der Waals surface area contributed by atoms with Gasteiger partial charge >= 0.3 is 5.97 Å². The fourth-order valence-electron chi connectivity index (χ4n) is 3.66. The summed E-state index contributed by atoms with van der Waals surface area (Å²) in [6.07, 6.45) is 3.87. The Labute approximate surface area is 204 Å². The minimum absolute atomic E-state index is 0.0921. The maximum atomic E-state index is 12.7. The highest BCUT2D eigenvalue weighted by molar-refractivity contribution is 7.99. The molecule has 0 atom stereocenters. The number of anilines is 1. The van der Waals surface area contributed by atoms with Crippen LogP contribution in [0.25, 0.3) is 11.4 Å². The third-order valence-corrected chi connectivity index (χ3v) is 7.41. The number of nitrogens with one attached hydrogen (secondary N) is 2. The number of benzene rings is 1. The number of aromatic amines is 1. The Morgan fingerprint density at radius 2 is 2.12 bits per heavy atom. The fraction of sp³-hybridized carbons (Fsp3) is 0.364. The molecule has 3 aromatic rings. The van der Waals surface area contributed by atoms with Gasteiger partial charge in [0, 0.05) is 9.90 Å². The lowest BCUT2D eigenvalue weighted by Gasteiger charge is -2.12. The molecule has 0 spiro atoms. The van der Waals surface area contributed by atoms with Crippen LogP contribution in [-0.2, 0) is 22.4 Å². The number of amides is 1. The van der Waals surface area contributed by atoms with Crippen molar-refractivity contribution in [2.24, 2.45) is 0 Å². The van der Waals surface area contributed by atoms with Crippen LogP contribution in [0.3, 0.4) is 0 Å². The smallest absolute Gasteiger partial charge is 0.341 e. The van der Waals surface area contributed by atoms with Crippen molar-refractivity contribution in [1.29, 1.82) is 0 Å². The highest BCUT2D eigenvalue weighted by Gasteiger charge is 2.27. The number of aromatic nitrogens is 3. The number of H-pyrrole nitrogens is 1. The second-order valence-corrected chi connectivity index (χ2v) is 9.77. The van der Waals surface area contributed by atoms with E-state index in [0.717, 1.165) is 36.1 Å². The van der Waals surface area contributed by atoms with Crippen molar-refractivity contribution in [1.82, 2.24) is 15.2 Å². The molecule has 0 fully saturated rings. The summed E-state index contributed by atoms with van der Waals surface area (Å²) in [6.45, 7) is 2.06. The molecule has 0 aliphatic heterocycles. The summed E-state index contributed by atoms with van der Waals surface area (Å²) in [4.78, 5) is 30.8. The van der Waals surface area contributed by atoms with Crippen LogP contribution in [0.2, 0.25) is 5.02 Å². The van der Waals surface area contributed by atoms with E-state index in [1.54, 1.807) is 32.2 Å². The molecule has 33 heavy (non-hydrogen) atoms. The molecule has 1 amide bonds. The number of aryl methyl sites for hydroxylation is 1. The van der Waals surface area contributed by atoms with Crippen LogP contribution in [-0.4, -0.2) is 46.5 Å². The second kappa shape index (κ2) is 10.6. The summed E-state index contributed by atoms with van der Waals surface area (Å²) in [5, 5.41) is 11.5. The van der Waals surface area contributed by atoms with Gasteiger partial charge < -0.3 is 14.8 Å². The molecule has 2 aromatic heterocycles. The van der Waals surface area contributed by atoms with Gasteiger partial charge in [0.25, 0.3) is 0 Å². The lowest BCUT2D eigenvalue weighted by Crippen LogP contribution is -2.17. The maximum absolute atomic E-state index is 12.7. The Hall–Kier alpha value is -2.56. The van der Waals surface area contributed by atoms with Crippen LogP contribution in [0.5, 0.6) is 5.75 Å². The lowest BCUT2D eigenvalue weighted by molar-refractivity contribution is -0.113. The predicted molar refractivity (Wildman–Crippen MR) is 130 cm³/mol. The number of nitrogens with zero attached hydrogens (tertiary/aromatic N) is 2. The average Bonchev–Trinajstić information content (AvgIpc) is 3.42. The zero-order valence-corrected chi connectivity index (χ0v) is 20.6. The third kappa shape index (κ3) is 5.34.